The summed E-state index contributed by atoms with van der Waals surface area (Å²) in [4.78, 5) is 19.3. The summed E-state index contributed by atoms with van der Waals surface area (Å²) in [5, 5.41) is 0. The Balaban J connectivity index is 1.08. The van der Waals surface area contributed by atoms with Crippen molar-refractivity contribution in [3.63, 3.8) is 0 Å². The molecule has 0 N–H and O–H groups in total. The minimum Gasteiger partial charge on any atom is -0.462 e. The van der Waals surface area contributed by atoms with Crippen molar-refractivity contribution < 1.29 is 14.3 Å². The van der Waals surface area contributed by atoms with E-state index in [1.54, 1.807) is 0 Å². The third-order valence-corrected chi connectivity index (χ3v) is 7.98. The summed E-state index contributed by atoms with van der Waals surface area (Å²) in [5.74, 6) is -0.255. The van der Waals surface area contributed by atoms with Crippen molar-refractivity contribution in [3.05, 3.63) is 54.1 Å². The van der Waals surface area contributed by atoms with Crippen molar-refractivity contribution in [1.82, 2.24) is 0 Å². The molecule has 5 rings (SSSR count). The molecule has 2 heterocycles. The van der Waals surface area contributed by atoms with Gasteiger partial charge in [-0.2, -0.15) is 0 Å². The standard InChI is InChI=1S/C30H41N3O3/c1-2-35-30(34)24-8-10-25(11-9-24)32-20-22-33(23-21-32)27-14-12-26(13-15-27)31-18-16-29(17-19-31)36-28-6-4-3-5-7-28/h8-15,28-29H,2-7,16-23H2,1H3. The van der Waals surface area contributed by atoms with Crippen molar-refractivity contribution in [2.75, 3.05) is 60.6 Å². The fourth-order valence-corrected chi connectivity index (χ4v) is 5.84. The van der Waals surface area contributed by atoms with Gasteiger partial charge in [0.1, 0.15) is 0 Å². The smallest absolute Gasteiger partial charge is 0.338 e. The monoisotopic (exact) mass is 491 g/mol. The van der Waals surface area contributed by atoms with Gasteiger partial charge in [-0.25, -0.2) is 4.79 Å². The van der Waals surface area contributed by atoms with E-state index >= 15 is 0 Å². The molecular weight excluding hydrogens is 450 g/mol. The maximum Gasteiger partial charge on any atom is 0.338 e. The highest BCUT2D eigenvalue weighted by atomic mass is 16.5. The van der Waals surface area contributed by atoms with Gasteiger partial charge in [-0.3, -0.25) is 0 Å². The van der Waals surface area contributed by atoms with Crippen LogP contribution in [0.25, 0.3) is 0 Å². The van der Waals surface area contributed by atoms with Crippen LogP contribution in [0, 0.1) is 0 Å². The highest BCUT2D eigenvalue weighted by Gasteiger charge is 2.24. The lowest BCUT2D eigenvalue weighted by Crippen LogP contribution is -2.46. The third-order valence-electron chi connectivity index (χ3n) is 7.98. The number of piperazine rings is 1. The fourth-order valence-electron chi connectivity index (χ4n) is 5.84. The number of anilines is 3. The van der Waals surface area contributed by atoms with Gasteiger partial charge in [-0.1, -0.05) is 19.3 Å². The first-order valence-electron chi connectivity index (χ1n) is 14.0. The largest absolute Gasteiger partial charge is 0.462 e. The first-order chi connectivity index (χ1) is 17.7. The normalized spacial score (nSPS) is 20.0. The molecule has 3 fully saturated rings. The zero-order valence-corrected chi connectivity index (χ0v) is 21.7. The van der Waals surface area contributed by atoms with Crippen molar-refractivity contribution in [2.24, 2.45) is 0 Å². The van der Waals surface area contributed by atoms with Gasteiger partial charge in [0.2, 0.25) is 0 Å². The Morgan fingerprint density at radius 2 is 1.11 bits per heavy atom. The summed E-state index contributed by atoms with van der Waals surface area (Å²) in [6.07, 6.45) is 9.83. The molecule has 0 aromatic heterocycles. The van der Waals surface area contributed by atoms with Crippen molar-refractivity contribution >= 4 is 23.0 Å². The number of hydrogen-bond donors (Lipinski definition) is 0. The van der Waals surface area contributed by atoms with Crippen LogP contribution in [0.3, 0.4) is 0 Å². The van der Waals surface area contributed by atoms with Crippen LogP contribution < -0.4 is 14.7 Å². The van der Waals surface area contributed by atoms with E-state index in [1.165, 1.54) is 43.5 Å². The molecule has 2 aromatic carbocycles. The van der Waals surface area contributed by atoms with E-state index in [0.717, 1.165) is 57.8 Å². The van der Waals surface area contributed by atoms with E-state index in [-0.39, 0.29) is 5.97 Å². The van der Waals surface area contributed by atoms with E-state index in [9.17, 15) is 4.79 Å². The predicted molar refractivity (Wildman–Crippen MR) is 146 cm³/mol. The molecule has 36 heavy (non-hydrogen) atoms. The minimum atomic E-state index is -0.255. The van der Waals surface area contributed by atoms with Crippen LogP contribution in [0.5, 0.6) is 0 Å². The van der Waals surface area contributed by atoms with E-state index in [0.29, 0.717) is 24.4 Å². The molecule has 0 bridgehead atoms. The zero-order valence-electron chi connectivity index (χ0n) is 21.7. The second kappa shape index (κ2) is 12.0. The van der Waals surface area contributed by atoms with Crippen molar-refractivity contribution in [3.8, 4) is 0 Å². The van der Waals surface area contributed by atoms with E-state index in [2.05, 4.69) is 39.0 Å². The SMILES string of the molecule is CCOC(=O)c1ccc(N2CCN(c3ccc(N4CCC(OC5CCCCC5)CC4)cc3)CC2)cc1. The highest BCUT2D eigenvalue weighted by molar-refractivity contribution is 5.89. The molecular formula is C30H41N3O3. The molecule has 2 saturated heterocycles. The average Bonchev–Trinajstić information content (AvgIpc) is 2.94. The van der Waals surface area contributed by atoms with Gasteiger partial charge >= 0.3 is 5.97 Å². The molecule has 1 saturated carbocycles. The zero-order chi connectivity index (χ0) is 24.7. The maximum atomic E-state index is 11.9. The summed E-state index contributed by atoms with van der Waals surface area (Å²) in [5.41, 5.74) is 4.40. The molecule has 2 aliphatic heterocycles. The second-order valence-electron chi connectivity index (χ2n) is 10.3. The lowest BCUT2D eigenvalue weighted by molar-refractivity contribution is -0.0395. The molecule has 0 unspecified atom stereocenters. The fraction of sp³-hybridized carbons (Fsp3) is 0.567. The number of piperidine rings is 1. The highest BCUT2D eigenvalue weighted by Crippen LogP contribution is 2.28. The molecule has 194 valence electrons. The van der Waals surface area contributed by atoms with Crippen LogP contribution in [-0.2, 0) is 9.47 Å². The van der Waals surface area contributed by atoms with Crippen molar-refractivity contribution in [1.29, 1.82) is 0 Å². The lowest BCUT2D eigenvalue weighted by atomic mass is 9.97. The quantitative estimate of drug-likeness (QED) is 0.476. The van der Waals surface area contributed by atoms with Crippen LogP contribution in [-0.4, -0.2) is 64.1 Å². The summed E-state index contributed by atoms with van der Waals surface area (Å²) in [6, 6.07) is 16.9. The Bertz CT molecular complexity index is 956. The molecule has 3 aliphatic rings. The molecule has 0 atom stereocenters. The number of carbonyl (C=O) groups excluding carboxylic acids is 1. The summed E-state index contributed by atoms with van der Waals surface area (Å²) in [7, 11) is 0. The van der Waals surface area contributed by atoms with Gasteiger partial charge < -0.3 is 24.2 Å². The Morgan fingerprint density at radius 1 is 0.667 bits per heavy atom. The van der Waals surface area contributed by atoms with Crippen LogP contribution in [0.2, 0.25) is 0 Å². The van der Waals surface area contributed by atoms with Gasteiger partial charge in [-0.15, -0.1) is 0 Å². The van der Waals surface area contributed by atoms with E-state index in [1.807, 2.05) is 31.2 Å². The predicted octanol–water partition coefficient (Wildman–Crippen LogP) is 5.51. The van der Waals surface area contributed by atoms with E-state index in [4.69, 9.17) is 9.47 Å². The summed E-state index contributed by atoms with van der Waals surface area (Å²) >= 11 is 0. The topological polar surface area (TPSA) is 45.2 Å². The van der Waals surface area contributed by atoms with Crippen LogP contribution in [0.4, 0.5) is 17.1 Å². The second-order valence-corrected chi connectivity index (χ2v) is 10.3. The van der Waals surface area contributed by atoms with Crippen molar-refractivity contribution in [2.45, 2.75) is 64.1 Å². The van der Waals surface area contributed by atoms with Gasteiger partial charge in [0, 0.05) is 56.3 Å². The lowest BCUT2D eigenvalue weighted by Gasteiger charge is -2.38. The maximum absolute atomic E-state index is 11.9. The summed E-state index contributed by atoms with van der Waals surface area (Å²) < 4.78 is 11.5. The number of carbonyl (C=O) groups is 1. The van der Waals surface area contributed by atoms with Crippen LogP contribution in [0.15, 0.2) is 48.5 Å². The molecule has 6 nitrogen and oxygen atoms in total. The Hall–Kier alpha value is -2.73. The van der Waals surface area contributed by atoms with Gasteiger partial charge in [0.25, 0.3) is 0 Å². The molecule has 0 radical (unpaired) electrons. The Morgan fingerprint density at radius 3 is 1.61 bits per heavy atom. The van der Waals surface area contributed by atoms with Crippen LogP contribution in [0.1, 0.15) is 62.2 Å². The third kappa shape index (κ3) is 6.15. The number of benzene rings is 2. The molecule has 6 heteroatoms. The number of hydrogen-bond acceptors (Lipinski definition) is 6. The van der Waals surface area contributed by atoms with Gasteiger partial charge in [-0.05, 0) is 81.1 Å². The van der Waals surface area contributed by atoms with Crippen LogP contribution >= 0.6 is 0 Å². The number of rotatable bonds is 7. The number of nitrogens with zero attached hydrogens (tertiary/aromatic N) is 3. The molecule has 0 amide bonds. The number of esters is 1. The minimum absolute atomic E-state index is 0.255. The van der Waals surface area contributed by atoms with Gasteiger partial charge in [0.15, 0.2) is 0 Å². The average molecular weight is 492 g/mol. The first-order valence-corrected chi connectivity index (χ1v) is 14.0. The van der Waals surface area contributed by atoms with Gasteiger partial charge in [0.05, 0.1) is 24.4 Å². The molecule has 0 spiro atoms. The molecule has 1 aliphatic carbocycles. The Kier molecular flexibility index (Phi) is 8.32. The molecule has 2 aromatic rings. The number of ether oxygens (including phenoxy) is 2. The first kappa shape index (κ1) is 24.9. The summed E-state index contributed by atoms with van der Waals surface area (Å²) in [6.45, 7) is 8.32. The van der Waals surface area contributed by atoms with E-state index < -0.39 is 0 Å². The Labute approximate surface area is 216 Å².